The van der Waals surface area contributed by atoms with Gasteiger partial charge in [0.1, 0.15) is 0 Å². The van der Waals surface area contributed by atoms with E-state index in [9.17, 15) is 0 Å². The number of hydrogen-bond acceptors (Lipinski definition) is 2. The number of nitrogens with zero attached hydrogens (tertiary/aromatic N) is 1. The fraction of sp³-hybridized carbons (Fsp3) is 0.240. The van der Waals surface area contributed by atoms with Gasteiger partial charge in [-0.15, -0.1) is 0 Å². The Morgan fingerprint density at radius 2 is 1.31 bits per heavy atom. The average Bonchev–Trinajstić information content (AvgIpc) is 2.77. The number of thiocarbonyl (C=S) groups is 1. The molecule has 4 heteroatoms. The normalized spacial score (nSPS) is 10.6. The smallest absolute Gasteiger partial charge is 0.170 e. The van der Waals surface area contributed by atoms with Gasteiger partial charge in [0.2, 0.25) is 0 Å². The van der Waals surface area contributed by atoms with E-state index in [4.69, 9.17) is 12.2 Å². The lowest BCUT2D eigenvalue weighted by atomic mass is 9.91. The van der Waals surface area contributed by atoms with Crippen molar-refractivity contribution >= 4 is 28.7 Å². The zero-order valence-corrected chi connectivity index (χ0v) is 18.0. The van der Waals surface area contributed by atoms with E-state index in [2.05, 4.69) is 102 Å². The molecule has 0 bridgehead atoms. The summed E-state index contributed by atoms with van der Waals surface area (Å²) in [7, 11) is 0. The van der Waals surface area contributed by atoms with Crippen LogP contribution in [0.2, 0.25) is 0 Å². The Labute approximate surface area is 179 Å². The van der Waals surface area contributed by atoms with Crippen molar-refractivity contribution in [1.82, 2.24) is 5.32 Å². The molecule has 0 aliphatic rings. The van der Waals surface area contributed by atoms with Gasteiger partial charge >= 0.3 is 0 Å². The van der Waals surface area contributed by atoms with Crippen LogP contribution < -0.4 is 15.5 Å². The third-order valence-corrected chi connectivity index (χ3v) is 5.37. The number of benzene rings is 3. The molecular weight excluding hydrogens is 374 g/mol. The van der Waals surface area contributed by atoms with Crippen LogP contribution in [-0.2, 0) is 0 Å². The molecule has 0 saturated heterocycles. The molecule has 0 spiro atoms. The molecule has 0 aromatic heterocycles. The first-order valence-electron chi connectivity index (χ1n) is 10.2. The summed E-state index contributed by atoms with van der Waals surface area (Å²) in [5.74, 6) is 0.238. The molecule has 0 aliphatic carbocycles. The Morgan fingerprint density at radius 1 is 0.793 bits per heavy atom. The van der Waals surface area contributed by atoms with Crippen molar-refractivity contribution in [2.24, 2.45) is 0 Å². The van der Waals surface area contributed by atoms with Crippen molar-refractivity contribution in [3.05, 3.63) is 96.1 Å². The Bertz CT molecular complexity index is 835. The minimum Gasteiger partial charge on any atom is -0.372 e. The summed E-state index contributed by atoms with van der Waals surface area (Å²) in [6.07, 6.45) is 0. The van der Waals surface area contributed by atoms with Crippen molar-refractivity contribution in [2.75, 3.05) is 29.9 Å². The SMILES string of the molecule is CCN(CC)c1ccc(NC(=S)NCC(c2ccccc2)c2ccccc2)cc1. The topological polar surface area (TPSA) is 27.3 Å². The maximum Gasteiger partial charge on any atom is 0.170 e. The van der Waals surface area contributed by atoms with E-state index in [0.717, 1.165) is 25.3 Å². The highest BCUT2D eigenvalue weighted by molar-refractivity contribution is 7.80. The van der Waals surface area contributed by atoms with Gasteiger partial charge < -0.3 is 15.5 Å². The fourth-order valence-corrected chi connectivity index (χ4v) is 3.71. The number of nitrogens with one attached hydrogen (secondary N) is 2. The quantitative estimate of drug-likeness (QED) is 0.475. The van der Waals surface area contributed by atoms with Gasteiger partial charge in [0.15, 0.2) is 5.11 Å². The van der Waals surface area contributed by atoms with Gasteiger partial charge in [-0.25, -0.2) is 0 Å². The summed E-state index contributed by atoms with van der Waals surface area (Å²) in [6, 6.07) is 29.5. The fourth-order valence-electron chi connectivity index (χ4n) is 3.51. The van der Waals surface area contributed by atoms with Crippen LogP contribution in [0, 0.1) is 0 Å². The maximum absolute atomic E-state index is 5.55. The summed E-state index contributed by atoms with van der Waals surface area (Å²) in [4.78, 5) is 2.32. The van der Waals surface area contributed by atoms with Gasteiger partial charge in [0.05, 0.1) is 0 Å². The molecule has 0 saturated carbocycles. The number of hydrogen-bond donors (Lipinski definition) is 2. The number of rotatable bonds is 8. The summed E-state index contributed by atoms with van der Waals surface area (Å²) >= 11 is 5.55. The lowest BCUT2D eigenvalue weighted by molar-refractivity contribution is 0.761. The van der Waals surface area contributed by atoms with E-state index in [1.165, 1.54) is 16.8 Å². The van der Waals surface area contributed by atoms with Crippen LogP contribution in [-0.4, -0.2) is 24.7 Å². The highest BCUT2D eigenvalue weighted by atomic mass is 32.1. The molecular formula is C25H29N3S. The minimum absolute atomic E-state index is 0.238. The van der Waals surface area contributed by atoms with E-state index in [1.807, 2.05) is 12.1 Å². The zero-order valence-electron chi connectivity index (χ0n) is 17.1. The van der Waals surface area contributed by atoms with Crippen LogP contribution in [0.1, 0.15) is 30.9 Å². The first kappa shape index (κ1) is 20.9. The Hall–Kier alpha value is -2.85. The molecule has 0 aliphatic heterocycles. The predicted molar refractivity (Wildman–Crippen MR) is 129 cm³/mol. The average molecular weight is 404 g/mol. The molecule has 3 rings (SSSR count). The molecule has 150 valence electrons. The van der Waals surface area contributed by atoms with Crippen molar-refractivity contribution in [3.8, 4) is 0 Å². The van der Waals surface area contributed by atoms with Crippen LogP contribution in [0.4, 0.5) is 11.4 Å². The lowest BCUT2D eigenvalue weighted by Crippen LogP contribution is -2.32. The van der Waals surface area contributed by atoms with Crippen molar-refractivity contribution in [3.63, 3.8) is 0 Å². The summed E-state index contributed by atoms with van der Waals surface area (Å²) < 4.78 is 0. The van der Waals surface area contributed by atoms with Crippen LogP contribution in [0.25, 0.3) is 0 Å². The van der Waals surface area contributed by atoms with Gasteiger partial charge in [0.25, 0.3) is 0 Å². The Kier molecular flexibility index (Phi) is 7.65. The van der Waals surface area contributed by atoms with E-state index in [0.29, 0.717) is 5.11 Å². The third kappa shape index (κ3) is 5.81. The second-order valence-electron chi connectivity index (χ2n) is 6.93. The summed E-state index contributed by atoms with van der Waals surface area (Å²) in [5.41, 5.74) is 4.78. The van der Waals surface area contributed by atoms with E-state index in [-0.39, 0.29) is 5.92 Å². The minimum atomic E-state index is 0.238. The van der Waals surface area contributed by atoms with Crippen LogP contribution in [0.15, 0.2) is 84.9 Å². The molecule has 3 aromatic rings. The van der Waals surface area contributed by atoms with Crippen LogP contribution in [0.5, 0.6) is 0 Å². The molecule has 0 radical (unpaired) electrons. The van der Waals surface area contributed by atoms with Crippen LogP contribution in [0.3, 0.4) is 0 Å². The summed E-state index contributed by atoms with van der Waals surface area (Å²) in [5, 5.41) is 7.34. The van der Waals surface area contributed by atoms with Gasteiger partial charge in [0, 0.05) is 36.9 Å². The largest absolute Gasteiger partial charge is 0.372 e. The van der Waals surface area contributed by atoms with E-state index in [1.54, 1.807) is 0 Å². The van der Waals surface area contributed by atoms with E-state index < -0.39 is 0 Å². The van der Waals surface area contributed by atoms with Gasteiger partial charge in [-0.3, -0.25) is 0 Å². The van der Waals surface area contributed by atoms with Gasteiger partial charge in [-0.2, -0.15) is 0 Å². The predicted octanol–water partition coefficient (Wildman–Crippen LogP) is 5.65. The molecule has 0 atom stereocenters. The highest BCUT2D eigenvalue weighted by Gasteiger charge is 2.14. The zero-order chi connectivity index (χ0) is 20.5. The lowest BCUT2D eigenvalue weighted by Gasteiger charge is -2.22. The van der Waals surface area contributed by atoms with Crippen molar-refractivity contribution in [1.29, 1.82) is 0 Å². The first-order chi connectivity index (χ1) is 14.2. The standard InChI is InChI=1S/C25H29N3S/c1-3-28(4-2)23-17-15-22(16-18-23)27-25(29)26-19-24(20-11-7-5-8-12-20)21-13-9-6-10-14-21/h5-18,24H,3-4,19H2,1-2H3,(H2,26,27,29). The van der Waals surface area contributed by atoms with Crippen molar-refractivity contribution in [2.45, 2.75) is 19.8 Å². The first-order valence-corrected chi connectivity index (χ1v) is 10.6. The molecule has 0 amide bonds. The van der Waals surface area contributed by atoms with E-state index >= 15 is 0 Å². The maximum atomic E-state index is 5.55. The molecule has 0 fully saturated rings. The molecule has 0 heterocycles. The molecule has 2 N–H and O–H groups in total. The van der Waals surface area contributed by atoms with Crippen molar-refractivity contribution < 1.29 is 0 Å². The van der Waals surface area contributed by atoms with Crippen LogP contribution >= 0.6 is 12.2 Å². The second-order valence-corrected chi connectivity index (χ2v) is 7.34. The second kappa shape index (κ2) is 10.6. The number of anilines is 2. The highest BCUT2D eigenvalue weighted by Crippen LogP contribution is 2.24. The van der Waals surface area contributed by atoms with Gasteiger partial charge in [-0.05, 0) is 61.5 Å². The molecule has 3 aromatic carbocycles. The van der Waals surface area contributed by atoms with Gasteiger partial charge in [-0.1, -0.05) is 60.7 Å². The third-order valence-electron chi connectivity index (χ3n) is 5.12. The Morgan fingerprint density at radius 3 is 1.79 bits per heavy atom. The molecule has 3 nitrogen and oxygen atoms in total. The summed E-state index contributed by atoms with van der Waals surface area (Å²) in [6.45, 7) is 7.08. The Balaban J connectivity index is 1.63. The monoisotopic (exact) mass is 403 g/mol. The molecule has 0 unspecified atom stereocenters. The molecule has 29 heavy (non-hydrogen) atoms.